The first-order valence-electron chi connectivity index (χ1n) is 6.52. The normalized spacial score (nSPS) is 11.2. The van der Waals surface area contributed by atoms with Gasteiger partial charge in [-0.3, -0.25) is 10.1 Å². The van der Waals surface area contributed by atoms with Crippen LogP contribution >= 0.6 is 0 Å². The highest BCUT2D eigenvalue weighted by molar-refractivity contribution is 5.61. The average molecular weight is 283 g/mol. The van der Waals surface area contributed by atoms with E-state index in [2.05, 4.69) is 20.6 Å². The minimum absolute atomic E-state index is 0.129. The molecule has 1 aromatic rings. The average Bonchev–Trinajstić information content (AvgIpc) is 2.43. The minimum atomic E-state index is -0.628. The summed E-state index contributed by atoms with van der Waals surface area (Å²) in [6, 6.07) is 0. The van der Waals surface area contributed by atoms with E-state index < -0.39 is 10.5 Å². The summed E-state index contributed by atoms with van der Waals surface area (Å²) in [6.45, 7) is 5.25. The van der Waals surface area contributed by atoms with Gasteiger partial charge < -0.3 is 15.7 Å². The van der Waals surface area contributed by atoms with Gasteiger partial charge in [-0.05, 0) is 19.8 Å². The molecule has 20 heavy (non-hydrogen) atoms. The van der Waals surface area contributed by atoms with E-state index in [1.165, 1.54) is 0 Å². The van der Waals surface area contributed by atoms with Crippen molar-refractivity contribution in [3.8, 4) is 0 Å². The number of aromatic nitrogens is 2. The molecule has 0 bridgehead atoms. The highest BCUT2D eigenvalue weighted by atomic mass is 16.6. The first-order chi connectivity index (χ1) is 9.42. The molecule has 0 aliphatic carbocycles. The summed E-state index contributed by atoms with van der Waals surface area (Å²) < 4.78 is 0. The van der Waals surface area contributed by atoms with Crippen LogP contribution in [-0.4, -0.2) is 39.2 Å². The van der Waals surface area contributed by atoms with E-state index in [4.69, 9.17) is 0 Å². The summed E-state index contributed by atoms with van der Waals surface area (Å²) in [5.74, 6) is 0.430. The molecule has 0 atom stereocenters. The van der Waals surface area contributed by atoms with Crippen LogP contribution in [0.2, 0.25) is 0 Å². The number of nitrogens with zero attached hydrogens (tertiary/aromatic N) is 3. The van der Waals surface area contributed by atoms with Gasteiger partial charge in [0.05, 0.1) is 17.1 Å². The summed E-state index contributed by atoms with van der Waals surface area (Å²) in [6.07, 6.45) is 1.24. The van der Waals surface area contributed by atoms with Gasteiger partial charge in [0.1, 0.15) is 5.69 Å². The van der Waals surface area contributed by atoms with E-state index in [-0.39, 0.29) is 23.8 Å². The lowest BCUT2D eigenvalue weighted by Crippen LogP contribution is -2.41. The van der Waals surface area contributed by atoms with Crippen LogP contribution in [0.1, 0.15) is 32.4 Å². The molecule has 0 fully saturated rings. The number of aliphatic hydroxyl groups excluding tert-OH is 1. The maximum Gasteiger partial charge on any atom is 0.332 e. The van der Waals surface area contributed by atoms with Crippen molar-refractivity contribution < 1.29 is 10.0 Å². The Labute approximate surface area is 117 Å². The summed E-state index contributed by atoms with van der Waals surface area (Å²) in [4.78, 5) is 18.8. The van der Waals surface area contributed by atoms with Gasteiger partial charge in [0.25, 0.3) is 0 Å². The van der Waals surface area contributed by atoms with Crippen molar-refractivity contribution in [1.29, 1.82) is 0 Å². The van der Waals surface area contributed by atoms with Crippen LogP contribution in [0.15, 0.2) is 0 Å². The van der Waals surface area contributed by atoms with Crippen LogP contribution < -0.4 is 10.6 Å². The summed E-state index contributed by atoms with van der Waals surface area (Å²) >= 11 is 0. The van der Waals surface area contributed by atoms with Gasteiger partial charge in [0.15, 0.2) is 0 Å². The van der Waals surface area contributed by atoms with E-state index in [9.17, 15) is 15.2 Å². The number of hydrogen-bond donors (Lipinski definition) is 3. The molecule has 112 valence electrons. The second kappa shape index (κ2) is 6.47. The summed E-state index contributed by atoms with van der Waals surface area (Å²) in [7, 11) is 1.64. The second-order valence-corrected chi connectivity index (χ2v) is 4.61. The van der Waals surface area contributed by atoms with E-state index in [0.717, 1.165) is 0 Å². The predicted molar refractivity (Wildman–Crippen MR) is 77.0 cm³/mol. The van der Waals surface area contributed by atoms with Crippen LogP contribution in [-0.2, 0) is 0 Å². The van der Waals surface area contributed by atoms with E-state index in [1.54, 1.807) is 14.0 Å². The van der Waals surface area contributed by atoms with Gasteiger partial charge >= 0.3 is 5.69 Å². The van der Waals surface area contributed by atoms with E-state index in [1.807, 2.05) is 13.8 Å². The Bertz CT molecular complexity index is 480. The largest absolute Gasteiger partial charge is 0.394 e. The van der Waals surface area contributed by atoms with Crippen molar-refractivity contribution in [3.05, 3.63) is 15.8 Å². The van der Waals surface area contributed by atoms with Gasteiger partial charge in [-0.25, -0.2) is 4.98 Å². The van der Waals surface area contributed by atoms with Crippen molar-refractivity contribution >= 4 is 17.5 Å². The standard InChI is InChI=1S/C12H21N5O3/c1-5-12(6-2,7-18)16-10-9(17(19)20)8(3)14-11(13-4)15-10/h18H,5-7H2,1-4H3,(H2,13,14,15,16). The fourth-order valence-electron chi connectivity index (χ4n) is 1.93. The molecule has 0 aromatic carbocycles. The molecule has 0 unspecified atom stereocenters. The molecule has 3 N–H and O–H groups in total. The quantitative estimate of drug-likeness (QED) is 0.515. The monoisotopic (exact) mass is 283 g/mol. The van der Waals surface area contributed by atoms with Gasteiger partial charge in [0.2, 0.25) is 11.8 Å². The van der Waals surface area contributed by atoms with Gasteiger partial charge in [-0.15, -0.1) is 0 Å². The minimum Gasteiger partial charge on any atom is -0.394 e. The Morgan fingerprint density at radius 3 is 2.35 bits per heavy atom. The lowest BCUT2D eigenvalue weighted by molar-refractivity contribution is -0.385. The Balaban J connectivity index is 3.34. The van der Waals surface area contributed by atoms with Gasteiger partial charge in [0, 0.05) is 7.05 Å². The zero-order valence-electron chi connectivity index (χ0n) is 12.2. The van der Waals surface area contributed by atoms with Crippen LogP contribution in [0, 0.1) is 17.0 Å². The zero-order chi connectivity index (χ0) is 15.3. The highest BCUT2D eigenvalue weighted by Gasteiger charge is 2.31. The first kappa shape index (κ1) is 16.1. The number of rotatable bonds is 7. The molecule has 0 aliphatic heterocycles. The fraction of sp³-hybridized carbons (Fsp3) is 0.667. The van der Waals surface area contributed by atoms with Crippen LogP contribution in [0.4, 0.5) is 17.5 Å². The number of aliphatic hydroxyl groups is 1. The van der Waals surface area contributed by atoms with Crippen molar-refractivity contribution in [3.63, 3.8) is 0 Å². The van der Waals surface area contributed by atoms with Crippen molar-refractivity contribution in [2.24, 2.45) is 0 Å². The van der Waals surface area contributed by atoms with Crippen LogP contribution in [0.3, 0.4) is 0 Å². The molecule has 1 heterocycles. The van der Waals surface area contributed by atoms with Crippen molar-refractivity contribution in [2.45, 2.75) is 39.2 Å². The number of nitro groups is 1. The third-order valence-electron chi connectivity index (χ3n) is 3.50. The predicted octanol–water partition coefficient (Wildman–Crippen LogP) is 1.70. The van der Waals surface area contributed by atoms with Gasteiger partial charge in [-0.2, -0.15) is 4.98 Å². The third-order valence-corrected chi connectivity index (χ3v) is 3.50. The molecule has 1 aromatic heterocycles. The fourth-order valence-corrected chi connectivity index (χ4v) is 1.93. The number of nitrogens with one attached hydrogen (secondary N) is 2. The van der Waals surface area contributed by atoms with Gasteiger partial charge in [-0.1, -0.05) is 13.8 Å². The Hall–Kier alpha value is -1.96. The smallest absolute Gasteiger partial charge is 0.332 e. The van der Waals surface area contributed by atoms with E-state index in [0.29, 0.717) is 18.8 Å². The zero-order valence-corrected chi connectivity index (χ0v) is 12.2. The Kier molecular flexibility index (Phi) is 5.20. The molecule has 0 saturated carbocycles. The molecular formula is C12H21N5O3. The molecule has 0 spiro atoms. The Morgan fingerprint density at radius 1 is 1.35 bits per heavy atom. The SMILES string of the molecule is CCC(CC)(CO)Nc1nc(NC)nc(C)c1[N+](=O)[O-]. The van der Waals surface area contributed by atoms with Crippen LogP contribution in [0.5, 0.6) is 0 Å². The lowest BCUT2D eigenvalue weighted by Gasteiger charge is -2.31. The van der Waals surface area contributed by atoms with Crippen molar-refractivity contribution in [2.75, 3.05) is 24.3 Å². The molecule has 0 saturated heterocycles. The lowest BCUT2D eigenvalue weighted by atomic mass is 9.94. The number of aryl methyl sites for hydroxylation is 1. The number of hydrogen-bond acceptors (Lipinski definition) is 7. The molecule has 8 nitrogen and oxygen atoms in total. The summed E-state index contributed by atoms with van der Waals surface area (Å²) in [5, 5.41) is 26.6. The molecule has 1 rings (SSSR count). The molecule has 8 heteroatoms. The molecule has 0 radical (unpaired) electrons. The summed E-state index contributed by atoms with van der Waals surface area (Å²) in [5.41, 5.74) is -0.518. The first-order valence-corrected chi connectivity index (χ1v) is 6.52. The molecular weight excluding hydrogens is 262 g/mol. The third kappa shape index (κ3) is 3.13. The maximum absolute atomic E-state index is 11.2. The van der Waals surface area contributed by atoms with Crippen molar-refractivity contribution in [1.82, 2.24) is 9.97 Å². The highest BCUT2D eigenvalue weighted by Crippen LogP contribution is 2.30. The van der Waals surface area contributed by atoms with Crippen LogP contribution in [0.25, 0.3) is 0 Å². The molecule has 0 aliphatic rings. The van der Waals surface area contributed by atoms with E-state index >= 15 is 0 Å². The maximum atomic E-state index is 11.2. The Morgan fingerprint density at radius 2 is 1.95 bits per heavy atom. The molecule has 0 amide bonds. The second-order valence-electron chi connectivity index (χ2n) is 4.61. The topological polar surface area (TPSA) is 113 Å². The number of anilines is 2.